The Morgan fingerprint density at radius 1 is 1.48 bits per heavy atom. The standard InChI is InChI=1S/C16H20FNO3/c1-10-2-3-11(9-19)8-18(10)16(20)15-7-12-6-13(17)4-5-14(12)21-15/h4-6,10-11,15,19H,2-3,7-9H2,1H3. The van der Waals surface area contributed by atoms with E-state index in [-0.39, 0.29) is 30.3 Å². The molecule has 0 aromatic heterocycles. The molecule has 1 aromatic rings. The molecule has 4 nitrogen and oxygen atoms in total. The number of fused-ring (bicyclic) bond motifs is 1. The monoisotopic (exact) mass is 293 g/mol. The van der Waals surface area contributed by atoms with Crippen molar-refractivity contribution in [3.63, 3.8) is 0 Å². The van der Waals surface area contributed by atoms with Gasteiger partial charge >= 0.3 is 0 Å². The Morgan fingerprint density at radius 3 is 3.05 bits per heavy atom. The van der Waals surface area contributed by atoms with Crippen molar-refractivity contribution in [2.45, 2.75) is 38.3 Å². The van der Waals surface area contributed by atoms with Crippen molar-refractivity contribution >= 4 is 5.91 Å². The van der Waals surface area contributed by atoms with Crippen LogP contribution in [0.15, 0.2) is 18.2 Å². The van der Waals surface area contributed by atoms with Crippen molar-refractivity contribution in [3.8, 4) is 5.75 Å². The summed E-state index contributed by atoms with van der Waals surface area (Å²) >= 11 is 0. The highest BCUT2D eigenvalue weighted by Gasteiger charge is 2.37. The normalized spacial score (nSPS) is 28.1. The van der Waals surface area contributed by atoms with Crippen LogP contribution in [0.25, 0.3) is 0 Å². The zero-order valence-electron chi connectivity index (χ0n) is 12.1. The molecule has 3 atom stereocenters. The van der Waals surface area contributed by atoms with E-state index in [1.165, 1.54) is 12.1 Å². The van der Waals surface area contributed by atoms with Gasteiger partial charge in [-0.15, -0.1) is 0 Å². The fourth-order valence-corrected chi connectivity index (χ4v) is 3.18. The molecule has 21 heavy (non-hydrogen) atoms. The van der Waals surface area contributed by atoms with Crippen LogP contribution in [-0.4, -0.2) is 41.2 Å². The molecule has 1 amide bonds. The molecule has 0 bridgehead atoms. The number of hydrogen-bond acceptors (Lipinski definition) is 3. The second-order valence-electron chi connectivity index (χ2n) is 6.03. The van der Waals surface area contributed by atoms with Gasteiger partial charge in [-0.25, -0.2) is 4.39 Å². The maximum Gasteiger partial charge on any atom is 0.264 e. The minimum atomic E-state index is -0.568. The fourth-order valence-electron chi connectivity index (χ4n) is 3.18. The second kappa shape index (κ2) is 5.64. The van der Waals surface area contributed by atoms with E-state index < -0.39 is 6.10 Å². The van der Waals surface area contributed by atoms with Gasteiger partial charge in [-0.3, -0.25) is 4.79 Å². The summed E-state index contributed by atoms with van der Waals surface area (Å²) in [6.45, 7) is 2.70. The van der Waals surface area contributed by atoms with Gasteiger partial charge in [0.1, 0.15) is 11.6 Å². The lowest BCUT2D eigenvalue weighted by Gasteiger charge is -2.38. The fraction of sp³-hybridized carbons (Fsp3) is 0.562. The lowest BCUT2D eigenvalue weighted by Crippen LogP contribution is -2.51. The first-order chi connectivity index (χ1) is 10.1. The Bertz CT molecular complexity index is 548. The Kier molecular flexibility index (Phi) is 3.85. The topological polar surface area (TPSA) is 49.8 Å². The SMILES string of the molecule is CC1CCC(CO)CN1C(=O)C1Cc2cc(F)ccc2O1. The van der Waals surface area contributed by atoms with E-state index in [1.807, 2.05) is 6.92 Å². The summed E-state index contributed by atoms with van der Waals surface area (Å²) in [6, 6.07) is 4.51. The first-order valence-electron chi connectivity index (χ1n) is 7.45. The number of carbonyl (C=O) groups is 1. The van der Waals surface area contributed by atoms with E-state index in [4.69, 9.17) is 4.74 Å². The summed E-state index contributed by atoms with van der Waals surface area (Å²) < 4.78 is 18.9. The van der Waals surface area contributed by atoms with Crippen LogP contribution in [0, 0.1) is 11.7 Å². The predicted molar refractivity (Wildman–Crippen MR) is 75.5 cm³/mol. The summed E-state index contributed by atoms with van der Waals surface area (Å²) in [7, 11) is 0. The first-order valence-corrected chi connectivity index (χ1v) is 7.45. The Morgan fingerprint density at radius 2 is 2.29 bits per heavy atom. The van der Waals surface area contributed by atoms with Gasteiger partial charge in [-0.2, -0.15) is 0 Å². The summed E-state index contributed by atoms with van der Waals surface area (Å²) in [5, 5.41) is 9.30. The van der Waals surface area contributed by atoms with Crippen LogP contribution >= 0.6 is 0 Å². The van der Waals surface area contributed by atoms with Gasteiger partial charge in [0.15, 0.2) is 6.10 Å². The largest absolute Gasteiger partial charge is 0.480 e. The van der Waals surface area contributed by atoms with Crippen LogP contribution in [0.3, 0.4) is 0 Å². The van der Waals surface area contributed by atoms with Crippen LogP contribution in [0.4, 0.5) is 4.39 Å². The van der Waals surface area contributed by atoms with Crippen LogP contribution in [0.1, 0.15) is 25.3 Å². The molecule has 114 valence electrons. The van der Waals surface area contributed by atoms with Gasteiger partial charge in [0.05, 0.1) is 0 Å². The van der Waals surface area contributed by atoms with Crippen molar-refractivity contribution < 1.29 is 19.0 Å². The van der Waals surface area contributed by atoms with Gasteiger partial charge in [0, 0.05) is 31.2 Å². The highest BCUT2D eigenvalue weighted by atomic mass is 19.1. The molecule has 3 rings (SSSR count). The van der Waals surface area contributed by atoms with Crippen molar-refractivity contribution in [2.75, 3.05) is 13.2 Å². The number of benzene rings is 1. The Labute approximate surface area is 123 Å². The van der Waals surface area contributed by atoms with E-state index in [2.05, 4.69) is 0 Å². The molecule has 2 aliphatic rings. The number of ether oxygens (including phenoxy) is 1. The average molecular weight is 293 g/mol. The number of piperidine rings is 1. The van der Waals surface area contributed by atoms with Crippen molar-refractivity contribution in [1.82, 2.24) is 4.90 Å². The maximum absolute atomic E-state index is 13.2. The lowest BCUT2D eigenvalue weighted by atomic mass is 9.93. The van der Waals surface area contributed by atoms with Gasteiger partial charge in [-0.05, 0) is 43.9 Å². The lowest BCUT2D eigenvalue weighted by molar-refractivity contribution is -0.142. The minimum absolute atomic E-state index is 0.0581. The number of likely N-dealkylation sites (tertiary alicyclic amines) is 1. The van der Waals surface area contributed by atoms with Crippen LogP contribution < -0.4 is 4.74 Å². The number of carbonyl (C=O) groups excluding carboxylic acids is 1. The molecule has 1 fully saturated rings. The minimum Gasteiger partial charge on any atom is -0.480 e. The molecular weight excluding hydrogens is 273 g/mol. The molecule has 0 saturated carbocycles. The van der Waals surface area contributed by atoms with E-state index >= 15 is 0 Å². The molecule has 1 N–H and O–H groups in total. The molecule has 1 aromatic carbocycles. The molecule has 3 unspecified atom stereocenters. The molecule has 2 aliphatic heterocycles. The summed E-state index contributed by atoms with van der Waals surface area (Å²) in [6.07, 6.45) is 1.68. The predicted octanol–water partition coefficient (Wildman–Crippen LogP) is 1.75. The van der Waals surface area contributed by atoms with Crippen LogP contribution in [0.5, 0.6) is 5.75 Å². The third-order valence-corrected chi connectivity index (χ3v) is 4.49. The molecule has 0 radical (unpaired) electrons. The smallest absolute Gasteiger partial charge is 0.264 e. The Hall–Kier alpha value is -1.62. The quantitative estimate of drug-likeness (QED) is 0.904. The first kappa shape index (κ1) is 14.3. The molecule has 0 spiro atoms. The molecule has 2 heterocycles. The number of nitrogens with zero attached hydrogens (tertiary/aromatic N) is 1. The number of amides is 1. The zero-order chi connectivity index (χ0) is 15.0. The van der Waals surface area contributed by atoms with E-state index in [1.54, 1.807) is 11.0 Å². The maximum atomic E-state index is 13.2. The zero-order valence-corrected chi connectivity index (χ0v) is 12.1. The Balaban J connectivity index is 1.72. The summed E-state index contributed by atoms with van der Waals surface area (Å²) in [4.78, 5) is 14.5. The van der Waals surface area contributed by atoms with Crippen molar-refractivity contribution in [3.05, 3.63) is 29.6 Å². The number of aliphatic hydroxyl groups is 1. The van der Waals surface area contributed by atoms with E-state index in [9.17, 15) is 14.3 Å². The van der Waals surface area contributed by atoms with Crippen molar-refractivity contribution in [2.24, 2.45) is 5.92 Å². The van der Waals surface area contributed by atoms with Crippen LogP contribution in [-0.2, 0) is 11.2 Å². The molecule has 1 saturated heterocycles. The third kappa shape index (κ3) is 2.75. The molecule has 0 aliphatic carbocycles. The summed E-state index contributed by atoms with van der Waals surface area (Å²) in [5.41, 5.74) is 0.747. The van der Waals surface area contributed by atoms with Gasteiger partial charge in [0.25, 0.3) is 5.91 Å². The van der Waals surface area contributed by atoms with E-state index in [0.717, 1.165) is 18.4 Å². The number of aliphatic hydroxyl groups excluding tert-OH is 1. The second-order valence-corrected chi connectivity index (χ2v) is 6.03. The molecular formula is C16H20FNO3. The molecule has 5 heteroatoms. The van der Waals surface area contributed by atoms with Crippen molar-refractivity contribution in [1.29, 1.82) is 0 Å². The van der Waals surface area contributed by atoms with Gasteiger partial charge in [-0.1, -0.05) is 0 Å². The van der Waals surface area contributed by atoms with Crippen LogP contribution in [0.2, 0.25) is 0 Å². The number of rotatable bonds is 2. The average Bonchev–Trinajstić information content (AvgIpc) is 2.90. The highest BCUT2D eigenvalue weighted by Crippen LogP contribution is 2.31. The number of halogens is 1. The third-order valence-electron chi connectivity index (χ3n) is 4.49. The summed E-state index contributed by atoms with van der Waals surface area (Å²) in [5.74, 6) is 0.374. The van der Waals surface area contributed by atoms with Gasteiger partial charge < -0.3 is 14.7 Å². The number of hydrogen-bond donors (Lipinski definition) is 1. The van der Waals surface area contributed by atoms with E-state index in [0.29, 0.717) is 18.7 Å². The highest BCUT2D eigenvalue weighted by molar-refractivity contribution is 5.83. The van der Waals surface area contributed by atoms with Gasteiger partial charge in [0.2, 0.25) is 0 Å².